The zero-order chi connectivity index (χ0) is 41.1. The Morgan fingerprint density at radius 1 is 0.655 bits per heavy atom. The van der Waals surface area contributed by atoms with E-state index in [0.717, 1.165) is 66.8 Å². The molecule has 12 aliphatic rings. The summed E-state index contributed by atoms with van der Waals surface area (Å²) in [5.74, 6) is 10.1. The zero-order valence-electron chi connectivity index (χ0n) is 34.7. The minimum absolute atomic E-state index is 0.0647. The average molecular weight is 808 g/mol. The lowest BCUT2D eigenvalue weighted by Gasteiger charge is -2.57. The fourth-order valence-electron chi connectivity index (χ4n) is 16.8. The minimum atomic E-state index is -0.945. The van der Waals surface area contributed by atoms with Gasteiger partial charge in [-0.05, 0) is 194 Å². The first-order valence-corrected chi connectivity index (χ1v) is 23.0. The standard InChI is InChI=1S/C16H25NO4.C10H15NO3.C10H13NO2.C9H12O/c1-15(2,3)21-14(18)8-16(9-17(19)20)12-5-4-10-6-11(12)13(16)7-10;12-10(5-11(13)14)8-2-1-6-3-7(8)9(10)4-6;12-11(13)5-10-7-2-1-6-3-8(7)9(10)4-6;10-9-6-2-1-5-3-7(6)8(9)4-5/h10-13H,4-9H2,1-3H3;6-9,12H,1-5H2;5-9H,1-4H2;5-8H,1-4H2/t10-,11-,12+,13-,16+;6-,7-,8+,9-,10?;6-,7+,8-,9-;5-,6+,7-,8-/m1111/s1. The van der Waals surface area contributed by atoms with Crippen LogP contribution in [-0.4, -0.2) is 55.9 Å². The van der Waals surface area contributed by atoms with Crippen LogP contribution < -0.4 is 0 Å². The molecule has 13 nitrogen and oxygen atoms in total. The van der Waals surface area contributed by atoms with Crippen molar-refractivity contribution < 1.29 is 34.2 Å². The van der Waals surface area contributed by atoms with Crippen LogP contribution in [-0.2, 0) is 14.3 Å². The van der Waals surface area contributed by atoms with Crippen LogP contribution >= 0.6 is 0 Å². The lowest BCUT2D eigenvalue weighted by Crippen LogP contribution is -2.63. The minimum Gasteiger partial charge on any atom is -0.460 e. The molecular formula is C45H65N3O10. The van der Waals surface area contributed by atoms with Crippen molar-refractivity contribution in [3.05, 3.63) is 42.1 Å². The fourth-order valence-corrected chi connectivity index (χ4v) is 16.8. The molecule has 0 radical (unpaired) electrons. The summed E-state index contributed by atoms with van der Waals surface area (Å²) in [7, 11) is 0. The van der Waals surface area contributed by atoms with Crippen molar-refractivity contribution in [1.29, 1.82) is 0 Å². The molecule has 0 aromatic heterocycles. The van der Waals surface area contributed by atoms with Gasteiger partial charge in [0, 0.05) is 27.3 Å². The summed E-state index contributed by atoms with van der Waals surface area (Å²) in [6.45, 7) is 5.23. The molecule has 0 saturated heterocycles. The number of hydrogen-bond donors (Lipinski definition) is 1. The molecule has 18 atom stereocenters. The maximum atomic E-state index is 12.3. The number of ether oxygens (including phenoxy) is 1. The first kappa shape index (κ1) is 40.4. The van der Waals surface area contributed by atoms with Crippen molar-refractivity contribution in [3.63, 3.8) is 0 Å². The molecule has 8 bridgehead atoms. The van der Waals surface area contributed by atoms with Crippen LogP contribution in [0.4, 0.5) is 0 Å². The van der Waals surface area contributed by atoms with E-state index in [1.54, 1.807) is 0 Å². The van der Waals surface area contributed by atoms with Gasteiger partial charge in [-0.1, -0.05) is 12.8 Å². The Hall–Kier alpha value is -2.96. The second kappa shape index (κ2) is 14.6. The molecule has 13 heteroatoms. The van der Waals surface area contributed by atoms with Gasteiger partial charge in [0.05, 0.1) is 16.8 Å². The Bertz CT molecular complexity index is 1710. The zero-order valence-corrected chi connectivity index (χ0v) is 34.7. The smallest absolute Gasteiger partial charge is 0.307 e. The van der Waals surface area contributed by atoms with E-state index in [2.05, 4.69) is 0 Å². The van der Waals surface area contributed by atoms with Crippen molar-refractivity contribution in [2.45, 2.75) is 141 Å². The van der Waals surface area contributed by atoms with E-state index in [0.29, 0.717) is 53.1 Å². The van der Waals surface area contributed by atoms with E-state index in [1.165, 1.54) is 83.2 Å². The number of esters is 1. The van der Waals surface area contributed by atoms with Crippen LogP contribution in [0.3, 0.4) is 0 Å². The molecule has 12 rings (SSSR count). The second-order valence-electron chi connectivity index (χ2n) is 22.5. The number of rotatable bonds is 7. The van der Waals surface area contributed by atoms with Crippen LogP contribution in [0.5, 0.6) is 0 Å². The maximum absolute atomic E-state index is 12.3. The highest BCUT2D eigenvalue weighted by Gasteiger charge is 2.70. The monoisotopic (exact) mass is 807 g/mol. The molecule has 320 valence electrons. The first-order chi connectivity index (χ1) is 27.4. The number of allylic oxidation sites excluding steroid dienone is 1. The van der Waals surface area contributed by atoms with Crippen molar-refractivity contribution in [1.82, 2.24) is 0 Å². The van der Waals surface area contributed by atoms with E-state index in [1.807, 2.05) is 20.8 Å². The van der Waals surface area contributed by atoms with Crippen molar-refractivity contribution in [2.75, 3.05) is 13.1 Å². The molecule has 0 aromatic rings. The van der Waals surface area contributed by atoms with Crippen LogP contribution in [0, 0.1) is 130 Å². The Kier molecular flexibility index (Phi) is 10.2. The van der Waals surface area contributed by atoms with Gasteiger partial charge in [0.25, 0.3) is 0 Å². The molecule has 1 unspecified atom stereocenters. The van der Waals surface area contributed by atoms with Crippen LogP contribution in [0.15, 0.2) is 11.8 Å². The van der Waals surface area contributed by atoms with Gasteiger partial charge in [-0.2, -0.15) is 0 Å². The average Bonchev–Trinajstić information content (AvgIpc) is 3.60. The topological polar surface area (TPSA) is 193 Å². The molecule has 12 fully saturated rings. The number of nitro groups is 3. The summed E-state index contributed by atoms with van der Waals surface area (Å²) in [5.41, 5.74) is -0.736. The summed E-state index contributed by atoms with van der Waals surface area (Å²) in [6.07, 6.45) is 20.8. The molecule has 0 spiro atoms. The number of aliphatic hydroxyl groups is 1. The Morgan fingerprint density at radius 2 is 1.17 bits per heavy atom. The highest BCUT2D eigenvalue weighted by molar-refractivity contribution is 5.91. The van der Waals surface area contributed by atoms with Crippen molar-refractivity contribution in [2.24, 2.45) is 100 Å². The molecule has 0 aliphatic heterocycles. The van der Waals surface area contributed by atoms with Crippen molar-refractivity contribution in [3.8, 4) is 0 Å². The quantitative estimate of drug-likeness (QED) is 0.150. The van der Waals surface area contributed by atoms with E-state index >= 15 is 0 Å². The molecule has 0 amide bonds. The van der Waals surface area contributed by atoms with Gasteiger partial charge >= 0.3 is 5.97 Å². The predicted molar refractivity (Wildman–Crippen MR) is 211 cm³/mol. The number of nitrogens with zero attached hydrogens (tertiary/aromatic N) is 3. The molecular weight excluding hydrogens is 743 g/mol. The summed E-state index contributed by atoms with van der Waals surface area (Å²) in [5, 5.41) is 42.4. The maximum Gasteiger partial charge on any atom is 0.307 e. The van der Waals surface area contributed by atoms with E-state index in [4.69, 9.17) is 4.74 Å². The highest BCUT2D eigenvalue weighted by atomic mass is 16.6. The number of Topliss-reactive ketones (excluding diaryl/α,β-unsaturated/α-hetero) is 1. The number of carbonyl (C=O) groups is 2. The first-order valence-electron chi connectivity index (χ1n) is 23.0. The molecule has 0 aromatic carbocycles. The van der Waals surface area contributed by atoms with Gasteiger partial charge in [0.1, 0.15) is 17.0 Å². The summed E-state index contributed by atoms with van der Waals surface area (Å²) < 4.78 is 5.44. The van der Waals surface area contributed by atoms with Gasteiger partial charge < -0.3 is 9.84 Å². The normalized spacial score (nSPS) is 48.5. The SMILES string of the molecule is CC(C)(C)OC(=O)C[C@@]1(C[N+](=O)[O-])[C@@H]2C[C@@H]3CC[C@H]1[C@H]2C3.O=C1[C@H]2CC[C@@H]3C[C@H]2[C@H]1C3.O=[N+]([O-])C=C1[C@H]2CC[C@@H]3C[C@H]2[C@H]1C3.O=[N+]([O-])CC1(O)[C@@H]2C[C@@H]3CC[C@H]1[C@H]2C3. The van der Waals surface area contributed by atoms with Crippen molar-refractivity contribution >= 4 is 11.8 Å². The summed E-state index contributed by atoms with van der Waals surface area (Å²) in [4.78, 5) is 54.8. The fraction of sp³-hybridized carbons (Fsp3) is 0.911. The molecule has 0 heterocycles. The molecule has 1 N–H and O–H groups in total. The third kappa shape index (κ3) is 6.83. The van der Waals surface area contributed by atoms with E-state index in [-0.39, 0.29) is 52.1 Å². The lowest BCUT2D eigenvalue weighted by atomic mass is 9.45. The largest absolute Gasteiger partial charge is 0.460 e. The Labute approximate surface area is 341 Å². The molecule has 12 aliphatic carbocycles. The summed E-state index contributed by atoms with van der Waals surface area (Å²) in [6, 6.07) is 0. The number of fused-ring (bicyclic) bond motifs is 4. The number of hydrogen-bond acceptors (Lipinski definition) is 10. The lowest BCUT2D eigenvalue weighted by molar-refractivity contribution is -0.516. The van der Waals surface area contributed by atoms with Crippen LogP contribution in [0.2, 0.25) is 0 Å². The van der Waals surface area contributed by atoms with Gasteiger partial charge in [-0.15, -0.1) is 0 Å². The number of ketones is 1. The highest BCUT2D eigenvalue weighted by Crippen LogP contribution is 2.71. The van der Waals surface area contributed by atoms with E-state index in [9.17, 15) is 45.0 Å². The van der Waals surface area contributed by atoms with Crippen LogP contribution in [0.1, 0.15) is 130 Å². The number of carbonyl (C=O) groups excluding carboxylic acids is 2. The van der Waals surface area contributed by atoms with Gasteiger partial charge in [0.2, 0.25) is 19.3 Å². The Morgan fingerprint density at radius 3 is 1.79 bits per heavy atom. The van der Waals surface area contributed by atoms with Crippen LogP contribution in [0.25, 0.3) is 0 Å². The molecule has 12 saturated carbocycles. The molecule has 58 heavy (non-hydrogen) atoms. The third-order valence-electron chi connectivity index (χ3n) is 18.8. The van der Waals surface area contributed by atoms with Gasteiger partial charge in [-0.3, -0.25) is 39.9 Å². The van der Waals surface area contributed by atoms with E-state index < -0.39 is 16.6 Å². The Balaban J connectivity index is 0.000000104. The summed E-state index contributed by atoms with van der Waals surface area (Å²) >= 11 is 0. The predicted octanol–water partition coefficient (Wildman–Crippen LogP) is 7.94. The van der Waals surface area contributed by atoms with Gasteiger partial charge in [0.15, 0.2) is 0 Å². The second-order valence-corrected chi connectivity index (χ2v) is 22.5. The third-order valence-corrected chi connectivity index (χ3v) is 18.8. The van der Waals surface area contributed by atoms with Gasteiger partial charge in [-0.25, -0.2) is 0 Å².